The summed E-state index contributed by atoms with van der Waals surface area (Å²) < 4.78 is 5.31. The molecule has 0 spiro atoms. The van der Waals surface area contributed by atoms with Crippen molar-refractivity contribution in [3.8, 4) is 0 Å². The van der Waals surface area contributed by atoms with Gasteiger partial charge in [0.25, 0.3) is 5.91 Å². The first-order valence-corrected chi connectivity index (χ1v) is 8.64. The van der Waals surface area contributed by atoms with E-state index < -0.39 is 0 Å². The lowest BCUT2D eigenvalue weighted by Crippen LogP contribution is -2.41. The third-order valence-electron chi connectivity index (χ3n) is 3.95. The predicted octanol–water partition coefficient (Wildman–Crippen LogP) is 2.54. The van der Waals surface area contributed by atoms with Crippen molar-refractivity contribution < 1.29 is 9.53 Å². The van der Waals surface area contributed by atoms with Gasteiger partial charge in [0, 0.05) is 43.1 Å². The Morgan fingerprint density at radius 1 is 1.16 bits per heavy atom. The SMILES string of the molecule is O=C(NCCN1CCOCC1)c1cncc(Nc2ccc(Cl)cc2)c1. The number of carbonyl (C=O) groups is 1. The molecule has 0 atom stereocenters. The molecule has 2 aromatic rings. The Labute approximate surface area is 152 Å². The highest BCUT2D eigenvalue weighted by molar-refractivity contribution is 6.30. The second-order valence-electron chi connectivity index (χ2n) is 5.80. The molecule has 0 unspecified atom stereocenters. The molecule has 2 N–H and O–H groups in total. The van der Waals surface area contributed by atoms with Crippen LogP contribution in [0, 0.1) is 0 Å². The van der Waals surface area contributed by atoms with Crippen LogP contribution in [0.3, 0.4) is 0 Å². The van der Waals surface area contributed by atoms with E-state index in [0.717, 1.165) is 44.2 Å². The summed E-state index contributed by atoms with van der Waals surface area (Å²) in [4.78, 5) is 18.7. The molecular weight excluding hydrogens is 340 g/mol. The maximum atomic E-state index is 12.3. The number of nitrogens with one attached hydrogen (secondary N) is 2. The minimum absolute atomic E-state index is 0.125. The summed E-state index contributed by atoms with van der Waals surface area (Å²) in [7, 11) is 0. The van der Waals surface area contributed by atoms with Crippen LogP contribution in [0.5, 0.6) is 0 Å². The van der Waals surface area contributed by atoms with Gasteiger partial charge < -0.3 is 15.4 Å². The maximum Gasteiger partial charge on any atom is 0.252 e. The van der Waals surface area contributed by atoms with E-state index in [-0.39, 0.29) is 5.91 Å². The molecule has 0 bridgehead atoms. The van der Waals surface area contributed by atoms with E-state index in [0.29, 0.717) is 17.1 Å². The number of pyridine rings is 1. The zero-order valence-electron chi connectivity index (χ0n) is 13.9. The smallest absolute Gasteiger partial charge is 0.252 e. The molecule has 1 fully saturated rings. The standard InChI is InChI=1S/C18H21ClN4O2/c19-15-1-3-16(4-2-15)22-17-11-14(12-20-13-17)18(24)21-5-6-23-7-9-25-10-8-23/h1-4,11-13,22H,5-10H2,(H,21,24). The lowest BCUT2D eigenvalue weighted by atomic mass is 10.2. The fourth-order valence-corrected chi connectivity index (χ4v) is 2.71. The number of rotatable bonds is 6. The quantitative estimate of drug-likeness (QED) is 0.828. The number of halogens is 1. The van der Waals surface area contributed by atoms with Gasteiger partial charge in [-0.05, 0) is 30.3 Å². The van der Waals surface area contributed by atoms with Gasteiger partial charge in [-0.25, -0.2) is 0 Å². The third kappa shape index (κ3) is 5.42. The molecule has 1 saturated heterocycles. The summed E-state index contributed by atoms with van der Waals surface area (Å²) in [5.74, 6) is -0.125. The summed E-state index contributed by atoms with van der Waals surface area (Å²) in [6, 6.07) is 9.14. The summed E-state index contributed by atoms with van der Waals surface area (Å²) in [5, 5.41) is 6.83. The average Bonchev–Trinajstić information content (AvgIpc) is 2.65. The molecule has 1 aromatic carbocycles. The van der Waals surface area contributed by atoms with Gasteiger partial charge >= 0.3 is 0 Å². The molecule has 3 rings (SSSR count). The number of hydrogen-bond acceptors (Lipinski definition) is 5. The van der Waals surface area contributed by atoms with Gasteiger partial charge in [-0.3, -0.25) is 14.7 Å². The minimum atomic E-state index is -0.125. The summed E-state index contributed by atoms with van der Waals surface area (Å²) in [6.45, 7) is 4.78. The zero-order chi connectivity index (χ0) is 17.5. The molecule has 0 aliphatic carbocycles. The van der Waals surface area contributed by atoms with Crippen molar-refractivity contribution in [3.05, 3.63) is 53.3 Å². The molecule has 1 aromatic heterocycles. The Morgan fingerprint density at radius 2 is 1.92 bits per heavy atom. The first kappa shape index (κ1) is 17.7. The van der Waals surface area contributed by atoms with Gasteiger partial charge in [-0.1, -0.05) is 11.6 Å². The number of amides is 1. The van der Waals surface area contributed by atoms with Crippen LogP contribution in [-0.4, -0.2) is 55.2 Å². The highest BCUT2D eigenvalue weighted by Crippen LogP contribution is 2.19. The van der Waals surface area contributed by atoms with Crippen LogP contribution in [0.4, 0.5) is 11.4 Å². The van der Waals surface area contributed by atoms with Crippen molar-refractivity contribution >= 4 is 28.9 Å². The molecule has 1 aliphatic rings. The summed E-state index contributed by atoms with van der Waals surface area (Å²) >= 11 is 5.88. The highest BCUT2D eigenvalue weighted by Gasteiger charge is 2.11. The Hall–Kier alpha value is -2.15. The van der Waals surface area contributed by atoms with Crippen molar-refractivity contribution in [2.75, 3.05) is 44.7 Å². The van der Waals surface area contributed by atoms with Crippen molar-refractivity contribution in [2.45, 2.75) is 0 Å². The molecule has 1 aliphatic heterocycles. The van der Waals surface area contributed by atoms with Gasteiger partial charge in [0.2, 0.25) is 0 Å². The lowest BCUT2D eigenvalue weighted by molar-refractivity contribution is 0.0383. The zero-order valence-corrected chi connectivity index (χ0v) is 14.6. The third-order valence-corrected chi connectivity index (χ3v) is 4.20. The van der Waals surface area contributed by atoms with E-state index in [9.17, 15) is 4.79 Å². The fraction of sp³-hybridized carbons (Fsp3) is 0.333. The second-order valence-corrected chi connectivity index (χ2v) is 6.24. The van der Waals surface area contributed by atoms with Gasteiger partial charge in [-0.2, -0.15) is 0 Å². The van der Waals surface area contributed by atoms with Crippen LogP contribution in [0.1, 0.15) is 10.4 Å². The Bertz CT molecular complexity index is 702. The number of carbonyl (C=O) groups excluding carboxylic acids is 1. The molecule has 0 saturated carbocycles. The molecule has 6 nitrogen and oxygen atoms in total. The average molecular weight is 361 g/mol. The molecule has 132 valence electrons. The Kier molecular flexibility index (Phi) is 6.22. The van der Waals surface area contributed by atoms with E-state index in [1.807, 2.05) is 12.1 Å². The number of ether oxygens (including phenoxy) is 1. The van der Waals surface area contributed by atoms with Crippen molar-refractivity contribution in [2.24, 2.45) is 0 Å². The van der Waals surface area contributed by atoms with Crippen LogP contribution in [0.25, 0.3) is 0 Å². The van der Waals surface area contributed by atoms with Gasteiger partial charge in [0.1, 0.15) is 0 Å². The van der Waals surface area contributed by atoms with Crippen molar-refractivity contribution in [1.82, 2.24) is 15.2 Å². The second kappa shape index (κ2) is 8.80. The molecule has 0 radical (unpaired) electrons. The normalized spacial score (nSPS) is 14.9. The molecule has 1 amide bonds. The number of anilines is 2. The maximum absolute atomic E-state index is 12.3. The summed E-state index contributed by atoms with van der Waals surface area (Å²) in [5.41, 5.74) is 2.17. The number of nitrogens with zero attached hydrogens (tertiary/aromatic N) is 2. The first-order valence-electron chi connectivity index (χ1n) is 8.27. The molecule has 25 heavy (non-hydrogen) atoms. The first-order chi connectivity index (χ1) is 12.2. The van der Waals surface area contributed by atoms with Gasteiger partial charge in [0.05, 0.1) is 30.7 Å². The van der Waals surface area contributed by atoms with E-state index >= 15 is 0 Å². The Balaban J connectivity index is 1.52. The van der Waals surface area contributed by atoms with E-state index in [4.69, 9.17) is 16.3 Å². The number of hydrogen-bond donors (Lipinski definition) is 2. The van der Waals surface area contributed by atoms with E-state index in [1.54, 1.807) is 30.6 Å². The van der Waals surface area contributed by atoms with Gasteiger partial charge in [-0.15, -0.1) is 0 Å². The summed E-state index contributed by atoms with van der Waals surface area (Å²) in [6.07, 6.45) is 3.25. The fourth-order valence-electron chi connectivity index (χ4n) is 2.59. The van der Waals surface area contributed by atoms with Crippen LogP contribution >= 0.6 is 11.6 Å². The van der Waals surface area contributed by atoms with Crippen LogP contribution in [0.2, 0.25) is 5.02 Å². The van der Waals surface area contributed by atoms with Crippen molar-refractivity contribution in [1.29, 1.82) is 0 Å². The number of aromatic nitrogens is 1. The molecular formula is C18H21ClN4O2. The largest absolute Gasteiger partial charge is 0.379 e. The van der Waals surface area contributed by atoms with Crippen LogP contribution < -0.4 is 10.6 Å². The van der Waals surface area contributed by atoms with E-state index in [2.05, 4.69) is 20.5 Å². The number of morpholine rings is 1. The lowest BCUT2D eigenvalue weighted by Gasteiger charge is -2.26. The monoisotopic (exact) mass is 360 g/mol. The molecule has 7 heteroatoms. The predicted molar refractivity (Wildman–Crippen MR) is 98.6 cm³/mol. The Morgan fingerprint density at radius 3 is 2.68 bits per heavy atom. The highest BCUT2D eigenvalue weighted by atomic mass is 35.5. The number of benzene rings is 1. The van der Waals surface area contributed by atoms with Crippen LogP contribution in [-0.2, 0) is 4.74 Å². The van der Waals surface area contributed by atoms with Crippen molar-refractivity contribution in [3.63, 3.8) is 0 Å². The topological polar surface area (TPSA) is 66.5 Å². The van der Waals surface area contributed by atoms with E-state index in [1.165, 1.54) is 0 Å². The van der Waals surface area contributed by atoms with Gasteiger partial charge in [0.15, 0.2) is 0 Å². The minimum Gasteiger partial charge on any atom is -0.379 e. The van der Waals surface area contributed by atoms with Crippen LogP contribution in [0.15, 0.2) is 42.7 Å². The molecule has 2 heterocycles.